The molecule has 6 heteroatoms. The highest BCUT2D eigenvalue weighted by Gasteiger charge is 2.25. The molecule has 5 nitrogen and oxygen atoms in total. The maximum Gasteiger partial charge on any atom is 0.338 e. The van der Waals surface area contributed by atoms with Crippen molar-refractivity contribution in [1.82, 2.24) is 9.80 Å². The van der Waals surface area contributed by atoms with Crippen LogP contribution in [0, 0.1) is 11.7 Å². The van der Waals surface area contributed by atoms with Crippen LogP contribution < -0.4 is 0 Å². The molecule has 0 spiro atoms. The molecule has 1 unspecified atom stereocenters. The van der Waals surface area contributed by atoms with Crippen molar-refractivity contribution in [3.8, 4) is 0 Å². The molecule has 30 heavy (non-hydrogen) atoms. The molecule has 0 N–H and O–H groups in total. The number of benzene rings is 2. The molecule has 0 saturated carbocycles. The lowest BCUT2D eigenvalue weighted by Gasteiger charge is -2.35. The van der Waals surface area contributed by atoms with Gasteiger partial charge in [0.15, 0.2) is 0 Å². The molecular formula is C24H29FN2O3. The van der Waals surface area contributed by atoms with Gasteiger partial charge in [0.05, 0.1) is 18.2 Å². The Morgan fingerprint density at radius 2 is 1.83 bits per heavy atom. The summed E-state index contributed by atoms with van der Waals surface area (Å²) in [5, 5.41) is 0. The summed E-state index contributed by atoms with van der Waals surface area (Å²) in [6.45, 7) is 3.53. The van der Waals surface area contributed by atoms with Crippen molar-refractivity contribution in [3.63, 3.8) is 0 Å². The van der Waals surface area contributed by atoms with Crippen LogP contribution in [0.25, 0.3) is 0 Å². The van der Waals surface area contributed by atoms with E-state index in [2.05, 4.69) is 4.90 Å². The normalized spacial score (nSPS) is 16.8. The number of carbonyl (C=O) groups excluding carboxylic acids is 2. The van der Waals surface area contributed by atoms with Crippen LogP contribution in [0.5, 0.6) is 0 Å². The first-order chi connectivity index (χ1) is 14.5. The molecule has 0 aliphatic carbocycles. The Morgan fingerprint density at radius 1 is 1.13 bits per heavy atom. The molecular weight excluding hydrogens is 383 g/mol. The minimum atomic E-state index is -0.503. The number of likely N-dealkylation sites (tertiary alicyclic amines) is 1. The summed E-state index contributed by atoms with van der Waals surface area (Å²) in [4.78, 5) is 29.1. The molecule has 0 bridgehead atoms. The molecule has 2 aromatic carbocycles. The van der Waals surface area contributed by atoms with E-state index in [0.29, 0.717) is 23.6 Å². The zero-order valence-electron chi connectivity index (χ0n) is 17.6. The number of amides is 1. The molecule has 1 aliphatic heterocycles. The molecule has 1 saturated heterocycles. The SMILES string of the molecule is COC(=O)c1ccccc1C(=O)N(C)CC1CCCN(CCc2ccc(F)cc2)C1. The Labute approximate surface area is 177 Å². The topological polar surface area (TPSA) is 49.9 Å². The minimum absolute atomic E-state index is 0.167. The van der Waals surface area contributed by atoms with Gasteiger partial charge in [-0.2, -0.15) is 0 Å². The summed E-state index contributed by atoms with van der Waals surface area (Å²) in [7, 11) is 3.10. The number of nitrogens with zero attached hydrogens (tertiary/aromatic N) is 2. The van der Waals surface area contributed by atoms with Gasteiger partial charge in [-0.25, -0.2) is 9.18 Å². The monoisotopic (exact) mass is 412 g/mol. The van der Waals surface area contributed by atoms with Crippen molar-refractivity contribution in [2.24, 2.45) is 5.92 Å². The second-order valence-electron chi connectivity index (χ2n) is 7.91. The number of rotatable bonds is 7. The summed E-state index contributed by atoms with van der Waals surface area (Å²) in [6.07, 6.45) is 3.05. The summed E-state index contributed by atoms with van der Waals surface area (Å²) in [6, 6.07) is 13.4. The summed E-state index contributed by atoms with van der Waals surface area (Å²) >= 11 is 0. The van der Waals surface area contributed by atoms with Crippen LogP contribution in [0.1, 0.15) is 39.1 Å². The van der Waals surface area contributed by atoms with Gasteiger partial charge >= 0.3 is 5.97 Å². The number of halogens is 1. The van der Waals surface area contributed by atoms with Crippen LogP contribution in [0.15, 0.2) is 48.5 Å². The number of hydrogen-bond acceptors (Lipinski definition) is 4. The number of ether oxygens (including phenoxy) is 1. The van der Waals surface area contributed by atoms with Crippen LogP contribution in [0.3, 0.4) is 0 Å². The molecule has 160 valence electrons. The van der Waals surface area contributed by atoms with Crippen LogP contribution in [-0.2, 0) is 11.2 Å². The Kier molecular flexibility index (Phi) is 7.57. The lowest BCUT2D eigenvalue weighted by atomic mass is 9.96. The van der Waals surface area contributed by atoms with Gasteiger partial charge in [-0.05, 0) is 61.6 Å². The first-order valence-electron chi connectivity index (χ1n) is 10.4. The maximum atomic E-state index is 13.1. The van der Waals surface area contributed by atoms with E-state index in [1.165, 1.54) is 19.2 Å². The molecule has 1 fully saturated rings. The van der Waals surface area contributed by atoms with Crippen LogP contribution >= 0.6 is 0 Å². The van der Waals surface area contributed by atoms with Gasteiger partial charge in [0.25, 0.3) is 5.91 Å². The van der Waals surface area contributed by atoms with Gasteiger partial charge in [-0.1, -0.05) is 24.3 Å². The van der Waals surface area contributed by atoms with E-state index in [1.54, 1.807) is 36.2 Å². The average Bonchev–Trinajstić information content (AvgIpc) is 2.78. The molecule has 0 aromatic heterocycles. The fourth-order valence-electron chi connectivity index (χ4n) is 4.08. The summed E-state index contributed by atoms with van der Waals surface area (Å²) in [5.41, 5.74) is 1.79. The van der Waals surface area contributed by atoms with E-state index in [9.17, 15) is 14.0 Å². The predicted octanol–water partition coefficient (Wildman–Crippen LogP) is 3.64. The highest BCUT2D eigenvalue weighted by atomic mass is 19.1. The number of carbonyl (C=O) groups is 2. The van der Waals surface area contributed by atoms with Crippen molar-refractivity contribution in [3.05, 3.63) is 71.0 Å². The number of hydrogen-bond donors (Lipinski definition) is 0. The molecule has 2 aromatic rings. The van der Waals surface area contributed by atoms with Crippen molar-refractivity contribution < 1.29 is 18.7 Å². The van der Waals surface area contributed by atoms with Gasteiger partial charge in [-0.3, -0.25) is 4.79 Å². The lowest BCUT2D eigenvalue weighted by molar-refractivity contribution is 0.0589. The predicted molar refractivity (Wildman–Crippen MR) is 114 cm³/mol. The first-order valence-corrected chi connectivity index (χ1v) is 10.4. The summed E-state index contributed by atoms with van der Waals surface area (Å²) < 4.78 is 17.9. The average molecular weight is 413 g/mol. The Bertz CT molecular complexity index is 869. The third kappa shape index (κ3) is 5.66. The van der Waals surface area contributed by atoms with Gasteiger partial charge in [0.2, 0.25) is 0 Å². The second-order valence-corrected chi connectivity index (χ2v) is 7.91. The number of esters is 1. The number of piperidine rings is 1. The van der Waals surface area contributed by atoms with Gasteiger partial charge in [0, 0.05) is 26.7 Å². The van der Waals surface area contributed by atoms with Crippen molar-refractivity contribution in [1.29, 1.82) is 0 Å². The minimum Gasteiger partial charge on any atom is -0.465 e. The standard InChI is InChI=1S/C24H29FN2O3/c1-26(23(28)21-7-3-4-8-22(21)24(29)30-2)16-19-6-5-14-27(17-19)15-13-18-9-11-20(25)12-10-18/h3-4,7-12,19H,5-6,13-17H2,1-2H3. The molecule has 1 aliphatic rings. The smallest absolute Gasteiger partial charge is 0.338 e. The molecule has 1 atom stereocenters. The second kappa shape index (κ2) is 10.3. The van der Waals surface area contributed by atoms with Crippen LogP contribution in [0.4, 0.5) is 4.39 Å². The zero-order valence-corrected chi connectivity index (χ0v) is 17.6. The molecule has 1 heterocycles. The van der Waals surface area contributed by atoms with E-state index < -0.39 is 5.97 Å². The largest absolute Gasteiger partial charge is 0.465 e. The van der Waals surface area contributed by atoms with E-state index >= 15 is 0 Å². The van der Waals surface area contributed by atoms with E-state index in [1.807, 2.05) is 12.1 Å². The third-order valence-corrected chi connectivity index (χ3v) is 5.67. The molecule has 3 rings (SSSR count). The van der Waals surface area contributed by atoms with E-state index in [-0.39, 0.29) is 11.7 Å². The maximum absolute atomic E-state index is 13.1. The summed E-state index contributed by atoms with van der Waals surface area (Å²) in [5.74, 6) is -0.499. The Morgan fingerprint density at radius 3 is 2.53 bits per heavy atom. The van der Waals surface area contributed by atoms with Crippen LogP contribution in [-0.4, -0.2) is 62.0 Å². The lowest BCUT2D eigenvalue weighted by Crippen LogP contribution is -2.42. The molecule has 1 amide bonds. The molecule has 0 radical (unpaired) electrons. The third-order valence-electron chi connectivity index (χ3n) is 5.67. The van der Waals surface area contributed by atoms with Crippen molar-refractivity contribution >= 4 is 11.9 Å². The van der Waals surface area contributed by atoms with Gasteiger partial charge in [0.1, 0.15) is 5.82 Å². The van der Waals surface area contributed by atoms with Crippen molar-refractivity contribution in [2.75, 3.05) is 40.3 Å². The van der Waals surface area contributed by atoms with Gasteiger partial charge < -0.3 is 14.5 Å². The Balaban J connectivity index is 1.56. The zero-order chi connectivity index (χ0) is 21.5. The van der Waals surface area contributed by atoms with Crippen LogP contribution in [0.2, 0.25) is 0 Å². The fraction of sp³-hybridized carbons (Fsp3) is 0.417. The quantitative estimate of drug-likeness (QED) is 0.652. The van der Waals surface area contributed by atoms with Crippen molar-refractivity contribution in [2.45, 2.75) is 19.3 Å². The van der Waals surface area contributed by atoms with Gasteiger partial charge in [-0.15, -0.1) is 0 Å². The Hall–Kier alpha value is -2.73. The van der Waals surface area contributed by atoms with E-state index in [0.717, 1.165) is 44.5 Å². The highest BCUT2D eigenvalue weighted by molar-refractivity contribution is 6.05. The highest BCUT2D eigenvalue weighted by Crippen LogP contribution is 2.20. The van der Waals surface area contributed by atoms with E-state index in [4.69, 9.17) is 4.74 Å². The number of methoxy groups -OCH3 is 1. The first kappa shape index (κ1) is 22.0. The fourth-order valence-corrected chi connectivity index (χ4v) is 4.08.